The number of nitrogens with zero attached hydrogens (tertiary/aromatic N) is 1. The Kier molecular flexibility index (Phi) is 4.21. The molecule has 2 aromatic rings. The smallest absolute Gasteiger partial charge is 0.246 e. The number of thiazole rings is 1. The van der Waals surface area contributed by atoms with Crippen molar-refractivity contribution >= 4 is 34.8 Å². The standard InChI is InChI=1S/C17H19N3OS.ClH/c1-10-14(13-6-5-11-3-2-4-12(11)9-13)19-16(22-10)20-15(21)17(18)7-8-17;/h5-6,9H,2-4,7-8,18H2,1H3,(H,19,20,21);1H. The quantitative estimate of drug-likeness (QED) is 0.891. The highest BCUT2D eigenvalue weighted by atomic mass is 35.5. The van der Waals surface area contributed by atoms with Crippen molar-refractivity contribution < 1.29 is 4.79 Å². The highest BCUT2D eigenvalue weighted by Gasteiger charge is 2.46. The normalized spacial score (nSPS) is 17.3. The molecular formula is C17H20ClN3OS. The maximum atomic E-state index is 12.0. The van der Waals surface area contributed by atoms with Gasteiger partial charge in [0.2, 0.25) is 5.91 Å². The fourth-order valence-electron chi connectivity index (χ4n) is 3.02. The number of anilines is 1. The average Bonchev–Trinajstić information content (AvgIpc) is 2.94. The zero-order valence-electron chi connectivity index (χ0n) is 13.0. The Morgan fingerprint density at radius 1 is 1.30 bits per heavy atom. The molecule has 0 saturated heterocycles. The average molecular weight is 350 g/mol. The van der Waals surface area contributed by atoms with Crippen LogP contribution in [0.4, 0.5) is 5.13 Å². The lowest BCUT2D eigenvalue weighted by atomic mass is 10.0. The van der Waals surface area contributed by atoms with E-state index in [2.05, 4.69) is 28.5 Å². The molecule has 4 nitrogen and oxygen atoms in total. The van der Waals surface area contributed by atoms with E-state index in [0.29, 0.717) is 5.13 Å². The molecule has 0 radical (unpaired) electrons. The highest BCUT2D eigenvalue weighted by Crippen LogP contribution is 2.36. The van der Waals surface area contributed by atoms with Crippen molar-refractivity contribution in [3.63, 3.8) is 0 Å². The molecule has 0 unspecified atom stereocenters. The van der Waals surface area contributed by atoms with E-state index in [4.69, 9.17) is 5.73 Å². The molecule has 122 valence electrons. The molecule has 0 atom stereocenters. The van der Waals surface area contributed by atoms with E-state index in [-0.39, 0.29) is 18.3 Å². The summed E-state index contributed by atoms with van der Waals surface area (Å²) in [4.78, 5) is 17.8. The molecule has 23 heavy (non-hydrogen) atoms. The number of carbonyl (C=O) groups is 1. The predicted molar refractivity (Wildman–Crippen MR) is 96.3 cm³/mol. The Bertz CT molecular complexity index is 767. The van der Waals surface area contributed by atoms with Gasteiger partial charge in [0, 0.05) is 10.4 Å². The molecule has 1 heterocycles. The number of hydrogen-bond donors (Lipinski definition) is 2. The molecule has 2 aliphatic carbocycles. The monoisotopic (exact) mass is 349 g/mol. The van der Waals surface area contributed by atoms with E-state index in [1.54, 1.807) is 0 Å². The van der Waals surface area contributed by atoms with Gasteiger partial charge in [-0.05, 0) is 56.2 Å². The van der Waals surface area contributed by atoms with Gasteiger partial charge in [-0.2, -0.15) is 0 Å². The lowest BCUT2D eigenvalue weighted by Crippen LogP contribution is -2.37. The number of hydrogen-bond acceptors (Lipinski definition) is 4. The fourth-order valence-corrected chi connectivity index (χ4v) is 3.85. The highest BCUT2D eigenvalue weighted by molar-refractivity contribution is 7.16. The lowest BCUT2D eigenvalue weighted by molar-refractivity contribution is -0.118. The zero-order valence-corrected chi connectivity index (χ0v) is 14.6. The van der Waals surface area contributed by atoms with E-state index in [1.807, 2.05) is 6.92 Å². The summed E-state index contributed by atoms with van der Waals surface area (Å²) >= 11 is 1.52. The summed E-state index contributed by atoms with van der Waals surface area (Å²) in [7, 11) is 0. The third-order valence-corrected chi connectivity index (χ3v) is 5.52. The minimum absolute atomic E-state index is 0. The van der Waals surface area contributed by atoms with Crippen molar-refractivity contribution in [3.05, 3.63) is 34.2 Å². The van der Waals surface area contributed by atoms with Gasteiger partial charge in [-0.1, -0.05) is 12.1 Å². The number of fused-ring (bicyclic) bond motifs is 1. The van der Waals surface area contributed by atoms with Crippen LogP contribution in [0.15, 0.2) is 18.2 Å². The first-order valence-corrected chi connectivity index (χ1v) is 8.57. The van der Waals surface area contributed by atoms with Gasteiger partial charge in [0.15, 0.2) is 5.13 Å². The summed E-state index contributed by atoms with van der Waals surface area (Å²) in [5, 5.41) is 3.52. The molecule has 1 aromatic heterocycles. The molecule has 1 aromatic carbocycles. The lowest BCUT2D eigenvalue weighted by Gasteiger charge is -2.06. The molecule has 0 spiro atoms. The van der Waals surface area contributed by atoms with Crippen LogP contribution in [0.5, 0.6) is 0 Å². The first-order chi connectivity index (χ1) is 10.5. The van der Waals surface area contributed by atoms with Crippen LogP contribution in [0.3, 0.4) is 0 Å². The summed E-state index contributed by atoms with van der Waals surface area (Å²) in [6.07, 6.45) is 5.12. The Morgan fingerprint density at radius 2 is 2.04 bits per heavy atom. The van der Waals surface area contributed by atoms with Gasteiger partial charge in [0.05, 0.1) is 11.2 Å². The number of aromatic nitrogens is 1. The van der Waals surface area contributed by atoms with Gasteiger partial charge in [-0.3, -0.25) is 4.79 Å². The summed E-state index contributed by atoms with van der Waals surface area (Å²) in [5.74, 6) is -0.109. The molecular weight excluding hydrogens is 330 g/mol. The Labute approximate surface area is 145 Å². The second-order valence-electron chi connectivity index (χ2n) is 6.37. The van der Waals surface area contributed by atoms with Crippen LogP contribution in [0, 0.1) is 6.92 Å². The maximum Gasteiger partial charge on any atom is 0.246 e. The molecule has 0 aliphatic heterocycles. The fraction of sp³-hybridized carbons (Fsp3) is 0.412. The number of benzene rings is 1. The van der Waals surface area contributed by atoms with E-state index in [0.717, 1.165) is 35.4 Å². The van der Waals surface area contributed by atoms with E-state index < -0.39 is 5.54 Å². The number of rotatable bonds is 3. The summed E-state index contributed by atoms with van der Waals surface area (Å²) in [6.45, 7) is 2.05. The van der Waals surface area contributed by atoms with Gasteiger partial charge in [0.25, 0.3) is 0 Å². The van der Waals surface area contributed by atoms with E-state index >= 15 is 0 Å². The SMILES string of the molecule is Cc1sc(NC(=O)C2(N)CC2)nc1-c1ccc2c(c1)CCC2.Cl. The third kappa shape index (κ3) is 3.01. The minimum Gasteiger partial charge on any atom is -0.317 e. The van der Waals surface area contributed by atoms with Crippen LogP contribution in [0.25, 0.3) is 11.3 Å². The number of amides is 1. The van der Waals surface area contributed by atoms with Crippen molar-refractivity contribution in [2.24, 2.45) is 5.73 Å². The van der Waals surface area contributed by atoms with Gasteiger partial charge < -0.3 is 11.1 Å². The minimum atomic E-state index is -0.659. The Balaban J connectivity index is 0.00000156. The summed E-state index contributed by atoms with van der Waals surface area (Å²) in [5.41, 5.74) is 10.3. The van der Waals surface area contributed by atoms with Crippen LogP contribution in [0.2, 0.25) is 0 Å². The maximum absolute atomic E-state index is 12.0. The molecule has 2 aliphatic rings. The summed E-state index contributed by atoms with van der Waals surface area (Å²) < 4.78 is 0. The predicted octanol–water partition coefficient (Wildman–Crippen LogP) is 3.46. The second-order valence-corrected chi connectivity index (χ2v) is 7.57. The third-order valence-electron chi connectivity index (χ3n) is 4.63. The molecule has 4 rings (SSSR count). The first-order valence-electron chi connectivity index (χ1n) is 7.75. The van der Waals surface area contributed by atoms with Gasteiger partial charge in [0.1, 0.15) is 0 Å². The molecule has 6 heteroatoms. The second kappa shape index (κ2) is 5.89. The van der Waals surface area contributed by atoms with Crippen molar-refractivity contribution in [2.75, 3.05) is 5.32 Å². The zero-order chi connectivity index (χ0) is 15.3. The van der Waals surface area contributed by atoms with Gasteiger partial charge in [-0.25, -0.2) is 4.98 Å². The first kappa shape index (κ1) is 16.4. The van der Waals surface area contributed by atoms with Crippen molar-refractivity contribution in [2.45, 2.75) is 44.6 Å². The summed E-state index contributed by atoms with van der Waals surface area (Å²) in [6, 6.07) is 6.61. The van der Waals surface area contributed by atoms with Crippen molar-refractivity contribution in [1.29, 1.82) is 0 Å². The molecule has 1 saturated carbocycles. The van der Waals surface area contributed by atoms with Crippen LogP contribution in [-0.4, -0.2) is 16.4 Å². The topological polar surface area (TPSA) is 68.0 Å². The molecule has 0 bridgehead atoms. The van der Waals surface area contributed by atoms with Crippen molar-refractivity contribution in [1.82, 2.24) is 4.98 Å². The molecule has 3 N–H and O–H groups in total. The number of carbonyl (C=O) groups excluding carboxylic acids is 1. The Hall–Kier alpha value is -1.43. The van der Waals surface area contributed by atoms with E-state index in [9.17, 15) is 4.79 Å². The van der Waals surface area contributed by atoms with Crippen LogP contribution < -0.4 is 11.1 Å². The number of aryl methyl sites for hydroxylation is 3. The number of nitrogens with one attached hydrogen (secondary N) is 1. The number of nitrogens with two attached hydrogens (primary N) is 1. The number of halogens is 1. The Morgan fingerprint density at radius 3 is 2.78 bits per heavy atom. The van der Waals surface area contributed by atoms with Gasteiger partial charge in [-0.15, -0.1) is 23.7 Å². The van der Waals surface area contributed by atoms with Crippen LogP contribution in [0.1, 0.15) is 35.3 Å². The van der Waals surface area contributed by atoms with Crippen LogP contribution >= 0.6 is 23.7 Å². The van der Waals surface area contributed by atoms with Crippen molar-refractivity contribution in [3.8, 4) is 11.3 Å². The van der Waals surface area contributed by atoms with E-state index in [1.165, 1.54) is 35.3 Å². The molecule has 1 amide bonds. The largest absolute Gasteiger partial charge is 0.317 e. The van der Waals surface area contributed by atoms with Crippen LogP contribution in [-0.2, 0) is 17.6 Å². The van der Waals surface area contributed by atoms with Gasteiger partial charge >= 0.3 is 0 Å². The molecule has 1 fully saturated rings.